The van der Waals surface area contributed by atoms with Crippen LogP contribution >= 0.6 is 0 Å². The third kappa shape index (κ3) is 3.12. The predicted molar refractivity (Wildman–Crippen MR) is 75.7 cm³/mol. The summed E-state index contributed by atoms with van der Waals surface area (Å²) in [6.45, 7) is 9.00. The first-order chi connectivity index (χ1) is 8.38. The van der Waals surface area contributed by atoms with Gasteiger partial charge in [0.2, 0.25) is 5.91 Å². The lowest BCUT2D eigenvalue weighted by Crippen LogP contribution is -2.16. The maximum Gasteiger partial charge on any atom is 0.227 e. The van der Waals surface area contributed by atoms with Gasteiger partial charge in [-0.25, -0.2) is 0 Å². The van der Waals surface area contributed by atoms with Crippen LogP contribution in [-0.4, -0.2) is 5.91 Å². The fourth-order valence-corrected chi connectivity index (χ4v) is 1.94. The first-order valence-electron chi connectivity index (χ1n) is 6.79. The van der Waals surface area contributed by atoms with Crippen LogP contribution in [0.15, 0.2) is 24.3 Å². The Hall–Kier alpha value is -1.31. The average molecular weight is 245 g/mol. The molecule has 1 aliphatic rings. The zero-order valence-corrected chi connectivity index (χ0v) is 11.8. The minimum Gasteiger partial charge on any atom is -0.326 e. The number of hydrogen-bond donors (Lipinski definition) is 1. The van der Waals surface area contributed by atoms with E-state index in [9.17, 15) is 4.79 Å². The quantitative estimate of drug-likeness (QED) is 0.850. The number of anilines is 1. The van der Waals surface area contributed by atoms with E-state index >= 15 is 0 Å². The molecule has 1 aliphatic carbocycles. The van der Waals surface area contributed by atoms with E-state index in [1.807, 2.05) is 12.1 Å². The van der Waals surface area contributed by atoms with Crippen LogP contribution in [0.25, 0.3) is 0 Å². The number of rotatable bonds is 3. The van der Waals surface area contributed by atoms with Crippen molar-refractivity contribution in [1.82, 2.24) is 0 Å². The lowest BCUT2D eigenvalue weighted by Gasteiger charge is -2.27. The lowest BCUT2D eigenvalue weighted by molar-refractivity contribution is -0.117. The molecule has 0 aliphatic heterocycles. The molecule has 1 amide bonds. The third-order valence-electron chi connectivity index (χ3n) is 3.93. The van der Waals surface area contributed by atoms with Crippen molar-refractivity contribution < 1.29 is 4.79 Å². The van der Waals surface area contributed by atoms with E-state index in [2.05, 4.69) is 45.1 Å². The monoisotopic (exact) mass is 245 g/mol. The fourth-order valence-electron chi connectivity index (χ4n) is 1.94. The Morgan fingerprint density at radius 3 is 2.22 bits per heavy atom. The number of carbonyl (C=O) groups excluding carboxylic acids is 1. The molecule has 1 atom stereocenters. The maximum absolute atomic E-state index is 11.6. The van der Waals surface area contributed by atoms with E-state index in [1.54, 1.807) is 0 Å². The highest BCUT2D eigenvalue weighted by molar-refractivity contribution is 5.93. The van der Waals surface area contributed by atoms with Crippen molar-refractivity contribution in [2.75, 3.05) is 5.32 Å². The zero-order chi connectivity index (χ0) is 13.3. The van der Waals surface area contributed by atoms with Gasteiger partial charge in [-0.2, -0.15) is 0 Å². The molecule has 2 nitrogen and oxygen atoms in total. The van der Waals surface area contributed by atoms with Crippen molar-refractivity contribution >= 4 is 11.6 Å². The molecule has 1 aromatic carbocycles. The summed E-state index contributed by atoms with van der Waals surface area (Å²) in [5.74, 6) is 0.940. The van der Waals surface area contributed by atoms with E-state index in [0.717, 1.165) is 18.5 Å². The van der Waals surface area contributed by atoms with Crippen LogP contribution in [0.5, 0.6) is 0 Å². The molecule has 0 saturated heterocycles. The largest absolute Gasteiger partial charge is 0.326 e. The van der Waals surface area contributed by atoms with Gasteiger partial charge in [-0.3, -0.25) is 4.79 Å². The van der Waals surface area contributed by atoms with Gasteiger partial charge in [0, 0.05) is 11.6 Å². The molecule has 0 bridgehead atoms. The van der Waals surface area contributed by atoms with Crippen LogP contribution in [0.4, 0.5) is 5.69 Å². The van der Waals surface area contributed by atoms with Gasteiger partial charge in [0.05, 0.1) is 0 Å². The van der Waals surface area contributed by atoms with Crippen molar-refractivity contribution in [3.8, 4) is 0 Å². The topological polar surface area (TPSA) is 29.1 Å². The molecule has 0 radical (unpaired) electrons. The molecule has 0 aromatic heterocycles. The summed E-state index contributed by atoms with van der Waals surface area (Å²) in [6, 6.07) is 8.27. The van der Waals surface area contributed by atoms with Crippen molar-refractivity contribution in [1.29, 1.82) is 0 Å². The predicted octanol–water partition coefficient (Wildman–Crippen LogP) is 4.18. The van der Waals surface area contributed by atoms with Gasteiger partial charge in [-0.15, -0.1) is 0 Å². The fraction of sp³-hybridized carbons (Fsp3) is 0.562. The van der Waals surface area contributed by atoms with Gasteiger partial charge in [-0.1, -0.05) is 39.8 Å². The Balaban J connectivity index is 2.03. The highest BCUT2D eigenvalue weighted by Crippen LogP contribution is 2.35. The number of carbonyl (C=O) groups is 1. The summed E-state index contributed by atoms with van der Waals surface area (Å²) in [5, 5.41) is 2.97. The van der Waals surface area contributed by atoms with Gasteiger partial charge < -0.3 is 5.32 Å². The lowest BCUT2D eigenvalue weighted by atomic mass is 9.78. The second-order valence-corrected chi connectivity index (χ2v) is 6.47. The van der Waals surface area contributed by atoms with Crippen LogP contribution in [0, 0.1) is 11.3 Å². The molecule has 1 unspecified atom stereocenters. The first-order valence-corrected chi connectivity index (χ1v) is 6.79. The molecule has 18 heavy (non-hydrogen) atoms. The molecule has 98 valence electrons. The second-order valence-electron chi connectivity index (χ2n) is 6.47. The minimum absolute atomic E-state index is 0.173. The molecule has 1 N–H and O–H groups in total. The number of hydrogen-bond acceptors (Lipinski definition) is 1. The van der Waals surface area contributed by atoms with Crippen LogP contribution in [-0.2, 0) is 4.79 Å². The molecule has 2 rings (SSSR count). The number of benzene rings is 1. The molecular weight excluding hydrogens is 222 g/mol. The van der Waals surface area contributed by atoms with Crippen molar-refractivity contribution in [3.63, 3.8) is 0 Å². The summed E-state index contributed by atoms with van der Waals surface area (Å²) in [6.07, 6.45) is 2.09. The van der Waals surface area contributed by atoms with Gasteiger partial charge in [0.1, 0.15) is 0 Å². The molecule has 1 saturated carbocycles. The summed E-state index contributed by atoms with van der Waals surface area (Å²) in [7, 11) is 0. The van der Waals surface area contributed by atoms with Gasteiger partial charge >= 0.3 is 0 Å². The zero-order valence-electron chi connectivity index (χ0n) is 11.8. The number of amides is 1. The molecule has 1 fully saturated rings. The number of nitrogens with one attached hydrogen (secondary N) is 1. The molecule has 0 spiro atoms. The normalized spacial score (nSPS) is 17.3. The average Bonchev–Trinajstić information content (AvgIpc) is 3.11. The smallest absolute Gasteiger partial charge is 0.227 e. The van der Waals surface area contributed by atoms with Gasteiger partial charge in [0.25, 0.3) is 0 Å². The minimum atomic E-state index is 0.173. The van der Waals surface area contributed by atoms with Gasteiger partial charge in [-0.05, 0) is 41.9 Å². The Morgan fingerprint density at radius 1 is 1.22 bits per heavy atom. The highest BCUT2D eigenvalue weighted by Gasteiger charge is 2.29. The summed E-state index contributed by atoms with van der Waals surface area (Å²) in [5.41, 5.74) is 2.50. The Bertz CT molecular complexity index is 423. The Labute approximate surface area is 110 Å². The van der Waals surface area contributed by atoms with Crippen LogP contribution in [0.3, 0.4) is 0 Å². The summed E-state index contributed by atoms with van der Waals surface area (Å²) in [4.78, 5) is 11.6. The second kappa shape index (κ2) is 4.75. The summed E-state index contributed by atoms with van der Waals surface area (Å²) < 4.78 is 0. The van der Waals surface area contributed by atoms with E-state index < -0.39 is 0 Å². The third-order valence-corrected chi connectivity index (χ3v) is 3.93. The first kappa shape index (κ1) is 13.1. The Morgan fingerprint density at radius 2 is 1.78 bits per heavy atom. The van der Waals surface area contributed by atoms with Crippen molar-refractivity contribution in [3.05, 3.63) is 29.8 Å². The standard InChI is InChI=1S/C16H23NO/c1-11(16(2,3)4)12-7-9-14(10-8-12)17-15(18)13-5-6-13/h7-11,13H,5-6H2,1-4H3,(H,17,18). The van der Waals surface area contributed by atoms with Crippen LogP contribution in [0.2, 0.25) is 0 Å². The Kier molecular flexibility index (Phi) is 3.47. The maximum atomic E-state index is 11.6. The van der Waals surface area contributed by atoms with E-state index in [0.29, 0.717) is 5.92 Å². The SMILES string of the molecule is CC(c1ccc(NC(=O)C2CC2)cc1)C(C)(C)C. The van der Waals surface area contributed by atoms with E-state index in [-0.39, 0.29) is 17.2 Å². The van der Waals surface area contributed by atoms with Crippen molar-refractivity contribution in [2.45, 2.75) is 46.5 Å². The molecule has 2 heteroatoms. The summed E-state index contributed by atoms with van der Waals surface area (Å²) >= 11 is 0. The molecule has 1 aromatic rings. The van der Waals surface area contributed by atoms with Crippen LogP contribution < -0.4 is 5.32 Å². The van der Waals surface area contributed by atoms with Gasteiger partial charge in [0.15, 0.2) is 0 Å². The highest BCUT2D eigenvalue weighted by atomic mass is 16.2. The molecular formula is C16H23NO. The van der Waals surface area contributed by atoms with Crippen LogP contribution in [0.1, 0.15) is 52.0 Å². The van der Waals surface area contributed by atoms with Crippen molar-refractivity contribution in [2.24, 2.45) is 11.3 Å². The molecule has 0 heterocycles. The van der Waals surface area contributed by atoms with E-state index in [4.69, 9.17) is 0 Å². The van der Waals surface area contributed by atoms with E-state index in [1.165, 1.54) is 5.56 Å².